The molecule has 0 fully saturated rings. The first-order valence-corrected chi connectivity index (χ1v) is 7.87. The predicted octanol–water partition coefficient (Wildman–Crippen LogP) is 4.77. The first kappa shape index (κ1) is 15.8. The summed E-state index contributed by atoms with van der Waals surface area (Å²) in [6.45, 7) is 0. The van der Waals surface area contributed by atoms with Gasteiger partial charge in [0.1, 0.15) is 11.6 Å². The second-order valence-electron chi connectivity index (χ2n) is 5.79. The van der Waals surface area contributed by atoms with Gasteiger partial charge in [0.2, 0.25) is 0 Å². The van der Waals surface area contributed by atoms with Crippen molar-refractivity contribution in [1.82, 2.24) is 19.9 Å². The van der Waals surface area contributed by atoms with Crippen molar-refractivity contribution in [1.29, 1.82) is 0 Å². The zero-order chi connectivity index (χ0) is 15.9. The molecule has 5 heteroatoms. The van der Waals surface area contributed by atoms with Gasteiger partial charge in [-0.15, -0.1) is 0 Å². The Hall–Kier alpha value is -2.66. The molecular formula is C20H14AgN4+. The largest absolute Gasteiger partial charge is 1.00 e. The normalized spacial score (nSPS) is 10.9. The van der Waals surface area contributed by atoms with Crippen molar-refractivity contribution in [3.63, 3.8) is 0 Å². The number of H-pyrrole nitrogens is 2. The van der Waals surface area contributed by atoms with E-state index in [1.807, 2.05) is 54.6 Å². The van der Waals surface area contributed by atoms with Crippen molar-refractivity contribution in [2.45, 2.75) is 0 Å². The van der Waals surface area contributed by atoms with Crippen LogP contribution in [-0.2, 0) is 22.4 Å². The molecule has 25 heavy (non-hydrogen) atoms. The van der Waals surface area contributed by atoms with Crippen molar-refractivity contribution >= 4 is 22.1 Å². The molecule has 0 radical (unpaired) electrons. The Kier molecular flexibility index (Phi) is 4.01. The Bertz CT molecular complexity index is 1020. The number of para-hydroxylation sites is 4. The van der Waals surface area contributed by atoms with Gasteiger partial charge in [-0.25, -0.2) is 9.97 Å². The molecule has 0 atom stereocenters. The number of hydrogen-bond donors (Lipinski definition) is 2. The topological polar surface area (TPSA) is 57.4 Å². The average Bonchev–Trinajstić information content (AvgIpc) is 3.26. The second-order valence-corrected chi connectivity index (χ2v) is 5.79. The molecule has 0 aliphatic carbocycles. The number of nitrogens with zero attached hydrogens (tertiary/aromatic N) is 2. The van der Waals surface area contributed by atoms with Crippen molar-refractivity contribution in [3.8, 4) is 22.8 Å². The molecular weight excluding hydrogens is 404 g/mol. The van der Waals surface area contributed by atoms with E-state index in [1.165, 1.54) is 0 Å². The summed E-state index contributed by atoms with van der Waals surface area (Å²) in [6, 6.07) is 24.4. The molecule has 2 heterocycles. The maximum atomic E-state index is 4.67. The van der Waals surface area contributed by atoms with Crippen LogP contribution in [0.3, 0.4) is 0 Å². The Morgan fingerprint density at radius 3 is 1.52 bits per heavy atom. The molecule has 5 rings (SSSR count). The molecule has 0 saturated heterocycles. The number of hydrogen-bond acceptors (Lipinski definition) is 2. The SMILES string of the molecule is [Ag+].c1cc(-c2nc3ccccc3[nH]2)cc(-c2nc3ccccc3[nH]2)c1. The van der Waals surface area contributed by atoms with Gasteiger partial charge in [-0.1, -0.05) is 42.5 Å². The molecule has 3 aromatic carbocycles. The third-order valence-electron chi connectivity index (χ3n) is 4.19. The van der Waals surface area contributed by atoms with E-state index >= 15 is 0 Å². The minimum Gasteiger partial charge on any atom is -0.338 e. The number of imidazole rings is 2. The molecule has 0 unspecified atom stereocenters. The third-order valence-corrected chi connectivity index (χ3v) is 4.19. The van der Waals surface area contributed by atoms with Crippen molar-refractivity contribution in [3.05, 3.63) is 72.8 Å². The standard InChI is InChI=1S/C20H14N4.Ag/c1-2-9-16-15(8-1)21-19(22-16)13-6-5-7-14(12-13)20-23-17-10-3-4-11-18(17)24-20;/h1-12H,(H,21,22)(H,23,24);/q;+1. The third kappa shape index (κ3) is 2.81. The molecule has 4 nitrogen and oxygen atoms in total. The Labute approximate surface area is 159 Å². The zero-order valence-electron chi connectivity index (χ0n) is 13.1. The summed E-state index contributed by atoms with van der Waals surface area (Å²) >= 11 is 0. The van der Waals surface area contributed by atoms with E-state index in [9.17, 15) is 0 Å². The molecule has 2 N–H and O–H groups in total. The fourth-order valence-corrected chi connectivity index (χ4v) is 2.99. The average molecular weight is 418 g/mol. The van der Waals surface area contributed by atoms with Crippen LogP contribution in [0, 0.1) is 0 Å². The van der Waals surface area contributed by atoms with Gasteiger partial charge in [-0.3, -0.25) is 0 Å². The van der Waals surface area contributed by atoms with Crippen molar-refractivity contribution in [2.24, 2.45) is 0 Å². The van der Waals surface area contributed by atoms with Gasteiger partial charge < -0.3 is 9.97 Å². The number of benzene rings is 3. The summed E-state index contributed by atoms with van der Waals surface area (Å²) < 4.78 is 0. The quantitative estimate of drug-likeness (QED) is 0.406. The molecule has 2 aromatic heterocycles. The molecule has 124 valence electrons. The second kappa shape index (κ2) is 6.33. The zero-order valence-corrected chi connectivity index (χ0v) is 14.6. The summed E-state index contributed by atoms with van der Waals surface area (Å²) in [6.07, 6.45) is 0. The van der Waals surface area contributed by atoms with Crippen LogP contribution in [0.1, 0.15) is 0 Å². The monoisotopic (exact) mass is 417 g/mol. The summed E-state index contributed by atoms with van der Waals surface area (Å²) in [5.74, 6) is 1.74. The van der Waals surface area contributed by atoms with Gasteiger partial charge in [0.15, 0.2) is 0 Å². The van der Waals surface area contributed by atoms with Crippen LogP contribution in [0.15, 0.2) is 72.8 Å². The molecule has 0 spiro atoms. The van der Waals surface area contributed by atoms with E-state index in [2.05, 4.69) is 38.1 Å². The molecule has 0 amide bonds. The molecule has 0 saturated carbocycles. The molecule has 0 aliphatic heterocycles. The van der Waals surface area contributed by atoms with Gasteiger partial charge in [0, 0.05) is 11.1 Å². The fourth-order valence-electron chi connectivity index (χ4n) is 2.99. The van der Waals surface area contributed by atoms with Gasteiger partial charge in [-0.05, 0) is 30.3 Å². The van der Waals surface area contributed by atoms with Crippen LogP contribution >= 0.6 is 0 Å². The molecule has 5 aromatic rings. The van der Waals surface area contributed by atoms with Crippen LogP contribution in [0.25, 0.3) is 44.8 Å². The Morgan fingerprint density at radius 1 is 0.560 bits per heavy atom. The maximum Gasteiger partial charge on any atom is 1.00 e. The number of fused-ring (bicyclic) bond motifs is 2. The Balaban J connectivity index is 0.00000157. The van der Waals surface area contributed by atoms with Crippen LogP contribution in [-0.4, -0.2) is 19.9 Å². The van der Waals surface area contributed by atoms with E-state index in [0.717, 1.165) is 44.8 Å². The Morgan fingerprint density at radius 2 is 1.04 bits per heavy atom. The number of nitrogens with one attached hydrogen (secondary N) is 2. The summed E-state index contributed by atoms with van der Waals surface area (Å²) in [4.78, 5) is 16.1. The number of aromatic amines is 2. The maximum absolute atomic E-state index is 4.67. The van der Waals surface area contributed by atoms with E-state index < -0.39 is 0 Å². The van der Waals surface area contributed by atoms with Gasteiger partial charge in [0.25, 0.3) is 0 Å². The van der Waals surface area contributed by atoms with E-state index in [4.69, 9.17) is 0 Å². The van der Waals surface area contributed by atoms with Crippen LogP contribution in [0.2, 0.25) is 0 Å². The van der Waals surface area contributed by atoms with Crippen molar-refractivity contribution < 1.29 is 22.4 Å². The van der Waals surface area contributed by atoms with Crippen LogP contribution < -0.4 is 0 Å². The van der Waals surface area contributed by atoms with Crippen LogP contribution in [0.5, 0.6) is 0 Å². The summed E-state index contributed by atoms with van der Waals surface area (Å²) in [7, 11) is 0. The minimum absolute atomic E-state index is 0. The van der Waals surface area contributed by atoms with Crippen LogP contribution in [0.4, 0.5) is 0 Å². The van der Waals surface area contributed by atoms with E-state index in [0.29, 0.717) is 0 Å². The molecule has 0 bridgehead atoms. The van der Waals surface area contributed by atoms with Gasteiger partial charge in [0.05, 0.1) is 22.1 Å². The summed E-state index contributed by atoms with van der Waals surface area (Å²) in [5.41, 5.74) is 6.12. The van der Waals surface area contributed by atoms with E-state index in [-0.39, 0.29) is 22.4 Å². The molecule has 0 aliphatic rings. The predicted molar refractivity (Wildman–Crippen MR) is 96.6 cm³/mol. The summed E-state index contributed by atoms with van der Waals surface area (Å²) in [5, 5.41) is 0. The van der Waals surface area contributed by atoms with Gasteiger partial charge in [-0.2, -0.15) is 0 Å². The smallest absolute Gasteiger partial charge is 0.338 e. The van der Waals surface area contributed by atoms with Crippen molar-refractivity contribution in [2.75, 3.05) is 0 Å². The first-order chi connectivity index (χ1) is 11.9. The fraction of sp³-hybridized carbons (Fsp3) is 0. The minimum atomic E-state index is 0. The number of rotatable bonds is 2. The first-order valence-electron chi connectivity index (χ1n) is 7.87. The van der Waals surface area contributed by atoms with E-state index in [1.54, 1.807) is 0 Å². The number of aromatic nitrogens is 4. The van der Waals surface area contributed by atoms with Gasteiger partial charge >= 0.3 is 22.4 Å².